The van der Waals surface area contributed by atoms with Gasteiger partial charge in [0.15, 0.2) is 17.2 Å². The van der Waals surface area contributed by atoms with Crippen LogP contribution in [0.4, 0.5) is 0 Å². The smallest absolute Gasteiger partial charge is 0.178 e. The lowest BCUT2D eigenvalue weighted by molar-refractivity contribution is -0.305. The van der Waals surface area contributed by atoms with Gasteiger partial charge in [-0.1, -0.05) is 25.5 Å². The number of carbonyl (C=O) groups is 3. The lowest BCUT2D eigenvalue weighted by atomic mass is 9.46. The lowest BCUT2D eigenvalue weighted by Gasteiger charge is -2.59. The van der Waals surface area contributed by atoms with Crippen molar-refractivity contribution in [3.63, 3.8) is 0 Å². The Morgan fingerprint density at radius 2 is 1.93 bits per heavy atom. The van der Waals surface area contributed by atoms with Crippen molar-refractivity contribution in [1.29, 1.82) is 0 Å². The highest BCUT2D eigenvalue weighted by atomic mass is 16.4. The molecule has 0 spiro atoms. The lowest BCUT2D eigenvalue weighted by Crippen LogP contribution is -2.63. The van der Waals surface area contributed by atoms with Gasteiger partial charge in [-0.3, -0.25) is 9.59 Å². The third kappa shape index (κ3) is 2.71. The summed E-state index contributed by atoms with van der Waals surface area (Å²) < 4.78 is 0. The minimum atomic E-state index is -2.10. The van der Waals surface area contributed by atoms with Crippen molar-refractivity contribution in [2.75, 3.05) is 0 Å². The van der Waals surface area contributed by atoms with Gasteiger partial charge in [0.05, 0.1) is 12.2 Å². The van der Waals surface area contributed by atoms with Crippen LogP contribution in [0.3, 0.4) is 0 Å². The van der Waals surface area contributed by atoms with Gasteiger partial charge in [-0.05, 0) is 56.1 Å². The van der Waals surface area contributed by atoms with E-state index in [0.717, 1.165) is 5.57 Å². The number of carboxylic acid groups (broad SMARTS) is 1. The van der Waals surface area contributed by atoms with Crippen LogP contribution in [0.2, 0.25) is 0 Å². The third-order valence-electron chi connectivity index (χ3n) is 8.70. The molecule has 3 saturated carbocycles. The molecular formula is C23H29O7-. The number of ketones is 2. The summed E-state index contributed by atoms with van der Waals surface area (Å²) in [6, 6.07) is 0. The number of aliphatic hydroxyl groups is 3. The molecular weight excluding hydrogens is 388 g/mol. The predicted octanol–water partition coefficient (Wildman–Crippen LogP) is 0.0662. The number of rotatable bonds is 4. The van der Waals surface area contributed by atoms with Gasteiger partial charge in [0.1, 0.15) is 0 Å². The Balaban J connectivity index is 1.70. The topological polar surface area (TPSA) is 135 Å². The number of aliphatic hydroxyl groups excluding tert-OH is 2. The fourth-order valence-electron chi connectivity index (χ4n) is 7.25. The average Bonchev–Trinajstić information content (AvgIpc) is 2.87. The Labute approximate surface area is 175 Å². The van der Waals surface area contributed by atoms with Crippen molar-refractivity contribution < 1.29 is 34.8 Å². The molecule has 0 saturated heterocycles. The Hall–Kier alpha value is -1.83. The summed E-state index contributed by atoms with van der Waals surface area (Å²) in [5, 5.41) is 44.3. The molecule has 3 N–H and O–H groups in total. The SMILES string of the molecule is C[C@]12C=CC(=O)C=C1CC[C@@H]1[C@@H]2[C@@H](O)C[C@@]2(C)[C@H]1C[C@@H](O)[C@]2(O)C(=O)CCC(=O)[O-]. The molecule has 30 heavy (non-hydrogen) atoms. The van der Waals surface area contributed by atoms with E-state index in [9.17, 15) is 34.8 Å². The zero-order chi connectivity index (χ0) is 22.1. The third-order valence-corrected chi connectivity index (χ3v) is 8.70. The van der Waals surface area contributed by atoms with E-state index in [1.165, 1.54) is 6.08 Å². The van der Waals surface area contributed by atoms with Gasteiger partial charge in [-0.15, -0.1) is 0 Å². The van der Waals surface area contributed by atoms with Crippen molar-refractivity contribution in [3.8, 4) is 0 Å². The standard InChI is InChI=1S/C23H30O7/c1-21-8-7-13(24)9-12(21)3-4-14-15-10-18(27)23(30,17(26)5-6-19(28)29)22(15,2)11-16(25)20(14)21/h7-9,14-16,18,20,25,27,30H,3-6,10-11H2,1-2H3,(H,28,29)/p-1/t14-,15-,16-,18+,20+,21-,22-,23+/m0/s1. The van der Waals surface area contributed by atoms with Gasteiger partial charge < -0.3 is 25.2 Å². The summed E-state index contributed by atoms with van der Waals surface area (Å²) >= 11 is 0. The second kappa shape index (κ2) is 6.84. The first-order valence-electron chi connectivity index (χ1n) is 10.7. The highest BCUT2D eigenvalue weighted by Gasteiger charge is 2.71. The molecule has 0 aliphatic heterocycles. The van der Waals surface area contributed by atoms with Crippen LogP contribution in [0.25, 0.3) is 0 Å². The van der Waals surface area contributed by atoms with Crippen molar-refractivity contribution >= 4 is 17.5 Å². The van der Waals surface area contributed by atoms with Crippen molar-refractivity contribution in [2.45, 2.75) is 70.2 Å². The second-order valence-electron chi connectivity index (χ2n) is 10.0. The van der Waals surface area contributed by atoms with Crippen LogP contribution in [-0.2, 0) is 14.4 Å². The first kappa shape index (κ1) is 21.4. The van der Waals surface area contributed by atoms with Crippen LogP contribution in [0.15, 0.2) is 23.8 Å². The number of hydrogen-bond acceptors (Lipinski definition) is 7. The summed E-state index contributed by atoms with van der Waals surface area (Å²) in [5.41, 5.74) is -2.66. The van der Waals surface area contributed by atoms with Gasteiger partial charge in [-0.25, -0.2) is 0 Å². The number of carboxylic acids is 1. The van der Waals surface area contributed by atoms with Gasteiger partial charge in [0, 0.05) is 29.1 Å². The summed E-state index contributed by atoms with van der Waals surface area (Å²) in [7, 11) is 0. The predicted molar refractivity (Wildman–Crippen MR) is 104 cm³/mol. The van der Waals surface area contributed by atoms with Crippen LogP contribution < -0.4 is 5.11 Å². The average molecular weight is 417 g/mol. The Bertz CT molecular complexity index is 860. The van der Waals surface area contributed by atoms with Gasteiger partial charge in [0.2, 0.25) is 0 Å². The second-order valence-corrected chi connectivity index (χ2v) is 10.0. The number of fused-ring (bicyclic) bond motifs is 5. The van der Waals surface area contributed by atoms with Gasteiger partial charge in [-0.2, -0.15) is 0 Å². The number of Topliss-reactive ketones (excluding diaryl/α,β-unsaturated/α-hetero) is 1. The van der Waals surface area contributed by atoms with E-state index in [1.54, 1.807) is 13.0 Å². The van der Waals surface area contributed by atoms with E-state index in [0.29, 0.717) is 12.8 Å². The van der Waals surface area contributed by atoms with E-state index >= 15 is 0 Å². The fraction of sp³-hybridized carbons (Fsp3) is 0.696. The zero-order valence-electron chi connectivity index (χ0n) is 17.3. The number of hydrogen-bond donors (Lipinski definition) is 3. The van der Waals surface area contributed by atoms with Crippen molar-refractivity contribution in [3.05, 3.63) is 23.8 Å². The van der Waals surface area contributed by atoms with Gasteiger partial charge >= 0.3 is 0 Å². The molecule has 164 valence electrons. The largest absolute Gasteiger partial charge is 0.550 e. The number of carbonyl (C=O) groups excluding carboxylic acids is 3. The highest BCUT2D eigenvalue weighted by Crippen LogP contribution is 2.67. The minimum Gasteiger partial charge on any atom is -0.550 e. The maximum absolute atomic E-state index is 12.9. The Morgan fingerprint density at radius 3 is 2.60 bits per heavy atom. The molecule has 0 aromatic carbocycles. The van der Waals surface area contributed by atoms with Crippen LogP contribution >= 0.6 is 0 Å². The molecule has 8 atom stereocenters. The first-order valence-corrected chi connectivity index (χ1v) is 10.7. The molecule has 3 fully saturated rings. The molecule has 0 bridgehead atoms. The van der Waals surface area contributed by atoms with Crippen LogP contribution in [0.1, 0.15) is 52.4 Å². The molecule has 4 aliphatic carbocycles. The van der Waals surface area contributed by atoms with E-state index in [2.05, 4.69) is 0 Å². The van der Waals surface area contributed by atoms with Crippen molar-refractivity contribution in [1.82, 2.24) is 0 Å². The molecule has 7 heteroatoms. The number of aliphatic carboxylic acids is 1. The highest BCUT2D eigenvalue weighted by molar-refractivity contribution is 6.01. The van der Waals surface area contributed by atoms with Crippen LogP contribution in [0.5, 0.6) is 0 Å². The zero-order valence-corrected chi connectivity index (χ0v) is 17.3. The maximum atomic E-state index is 12.9. The summed E-state index contributed by atoms with van der Waals surface area (Å²) in [4.78, 5) is 35.6. The quantitative estimate of drug-likeness (QED) is 0.589. The van der Waals surface area contributed by atoms with E-state index in [-0.39, 0.29) is 36.4 Å². The Morgan fingerprint density at radius 1 is 1.23 bits per heavy atom. The fourth-order valence-corrected chi connectivity index (χ4v) is 7.25. The first-order chi connectivity index (χ1) is 13.9. The van der Waals surface area contributed by atoms with E-state index in [4.69, 9.17) is 0 Å². The van der Waals surface area contributed by atoms with Crippen LogP contribution in [-0.4, -0.2) is 50.7 Å². The Kier molecular flexibility index (Phi) is 4.88. The molecule has 0 unspecified atom stereocenters. The molecule has 4 aliphatic rings. The van der Waals surface area contributed by atoms with E-state index in [1.807, 2.05) is 13.0 Å². The number of allylic oxidation sites excluding steroid dienone is 4. The van der Waals surface area contributed by atoms with E-state index < -0.39 is 53.2 Å². The molecule has 0 aromatic heterocycles. The summed E-state index contributed by atoms with van der Waals surface area (Å²) in [6.07, 6.45) is 3.68. The van der Waals surface area contributed by atoms with Gasteiger partial charge in [0.25, 0.3) is 0 Å². The monoisotopic (exact) mass is 417 g/mol. The summed E-state index contributed by atoms with van der Waals surface area (Å²) in [6.45, 7) is 3.76. The van der Waals surface area contributed by atoms with Crippen LogP contribution in [0, 0.1) is 28.6 Å². The molecule has 0 heterocycles. The molecule has 4 rings (SSSR count). The molecule has 7 nitrogen and oxygen atoms in total. The molecule has 0 aromatic rings. The normalized spacial score (nSPS) is 47.2. The summed E-state index contributed by atoms with van der Waals surface area (Å²) in [5.74, 6) is -2.59. The molecule has 0 amide bonds. The van der Waals surface area contributed by atoms with Crippen molar-refractivity contribution in [2.24, 2.45) is 28.6 Å². The molecule has 0 radical (unpaired) electrons. The minimum absolute atomic E-state index is 0.0450. The maximum Gasteiger partial charge on any atom is 0.178 e.